The Labute approximate surface area is 203 Å². The molecule has 0 amide bonds. The monoisotopic (exact) mass is 490 g/mol. The van der Waals surface area contributed by atoms with Gasteiger partial charge in [-0.2, -0.15) is 0 Å². The smallest absolute Gasteiger partial charge is 0.168 e. The van der Waals surface area contributed by atoms with Crippen molar-refractivity contribution in [3.05, 3.63) is 69.7 Å². The summed E-state index contributed by atoms with van der Waals surface area (Å²) in [7, 11) is 0. The van der Waals surface area contributed by atoms with Crippen molar-refractivity contribution in [3.63, 3.8) is 0 Å². The van der Waals surface area contributed by atoms with E-state index >= 15 is 0 Å². The SMILES string of the molecule is S=C1NC(c2ccccc2Cl)C2CCCCC3C(c4ccccc4Cl)NC(=S)NC23N1. The lowest BCUT2D eigenvalue weighted by molar-refractivity contribution is 0.0538. The highest BCUT2D eigenvalue weighted by molar-refractivity contribution is 7.80. The molecular weight excluding hydrogens is 467 g/mol. The van der Waals surface area contributed by atoms with Gasteiger partial charge in [0.1, 0.15) is 5.66 Å². The van der Waals surface area contributed by atoms with Crippen LogP contribution in [0.1, 0.15) is 48.9 Å². The third-order valence-electron chi connectivity index (χ3n) is 6.95. The second-order valence-corrected chi connectivity index (χ2v) is 10.2. The first-order valence-corrected chi connectivity index (χ1v) is 12.2. The molecule has 4 N–H and O–H groups in total. The number of halogens is 2. The van der Waals surface area contributed by atoms with Crippen LogP contribution in [-0.2, 0) is 0 Å². The molecule has 31 heavy (non-hydrogen) atoms. The van der Waals surface area contributed by atoms with Gasteiger partial charge in [-0.15, -0.1) is 0 Å². The van der Waals surface area contributed by atoms with Crippen LogP contribution in [0.5, 0.6) is 0 Å². The lowest BCUT2D eigenvalue weighted by Gasteiger charge is -2.57. The summed E-state index contributed by atoms with van der Waals surface area (Å²) >= 11 is 24.7. The Morgan fingerprint density at radius 1 is 0.710 bits per heavy atom. The second kappa shape index (κ2) is 8.39. The summed E-state index contributed by atoms with van der Waals surface area (Å²) in [6.45, 7) is 0. The predicted octanol–water partition coefficient (Wildman–Crippen LogP) is 5.23. The minimum absolute atomic E-state index is 0.0108. The van der Waals surface area contributed by atoms with E-state index in [0.29, 0.717) is 10.2 Å². The van der Waals surface area contributed by atoms with Gasteiger partial charge in [-0.3, -0.25) is 0 Å². The molecule has 2 heterocycles. The van der Waals surface area contributed by atoms with Gasteiger partial charge in [0, 0.05) is 21.9 Å². The molecule has 1 spiro atoms. The van der Waals surface area contributed by atoms with Gasteiger partial charge in [-0.25, -0.2) is 0 Å². The molecule has 162 valence electrons. The first kappa shape index (κ1) is 21.3. The molecule has 3 fully saturated rings. The van der Waals surface area contributed by atoms with E-state index in [2.05, 4.69) is 33.4 Å². The minimum Gasteiger partial charge on any atom is -0.355 e. The molecule has 4 atom stereocenters. The van der Waals surface area contributed by atoms with E-state index in [9.17, 15) is 0 Å². The Kier molecular flexibility index (Phi) is 5.76. The van der Waals surface area contributed by atoms with Crippen molar-refractivity contribution >= 4 is 57.9 Å². The van der Waals surface area contributed by atoms with Gasteiger partial charge in [0.15, 0.2) is 10.2 Å². The van der Waals surface area contributed by atoms with E-state index < -0.39 is 5.66 Å². The summed E-state index contributed by atoms with van der Waals surface area (Å²) in [5.74, 6) is 0.383. The zero-order valence-corrected chi connectivity index (χ0v) is 20.0. The molecule has 1 aliphatic carbocycles. The van der Waals surface area contributed by atoms with E-state index in [1.54, 1.807) is 0 Å². The molecule has 2 aromatic rings. The van der Waals surface area contributed by atoms with Crippen LogP contribution in [0.4, 0.5) is 0 Å². The van der Waals surface area contributed by atoms with Crippen LogP contribution in [0.25, 0.3) is 0 Å². The summed E-state index contributed by atoms with van der Waals surface area (Å²) < 4.78 is 0. The maximum Gasteiger partial charge on any atom is 0.168 e. The van der Waals surface area contributed by atoms with Gasteiger partial charge in [0.05, 0.1) is 12.1 Å². The number of hydrogen-bond acceptors (Lipinski definition) is 2. The quantitative estimate of drug-likeness (QED) is 0.432. The first-order valence-electron chi connectivity index (χ1n) is 10.7. The van der Waals surface area contributed by atoms with Crippen LogP contribution in [-0.4, -0.2) is 15.9 Å². The Balaban J connectivity index is 1.64. The van der Waals surface area contributed by atoms with E-state index in [1.807, 2.05) is 36.4 Å². The molecule has 3 aliphatic rings. The number of rotatable bonds is 2. The number of thiocarbonyl (C=S) groups is 2. The molecule has 0 bridgehead atoms. The van der Waals surface area contributed by atoms with Crippen molar-refractivity contribution in [2.45, 2.75) is 43.4 Å². The van der Waals surface area contributed by atoms with E-state index in [4.69, 9.17) is 47.6 Å². The van der Waals surface area contributed by atoms with Crippen molar-refractivity contribution < 1.29 is 0 Å². The zero-order valence-electron chi connectivity index (χ0n) is 16.8. The first-order chi connectivity index (χ1) is 15.0. The van der Waals surface area contributed by atoms with Gasteiger partial charge in [0.25, 0.3) is 0 Å². The summed E-state index contributed by atoms with van der Waals surface area (Å²) in [5, 5.41) is 17.0. The highest BCUT2D eigenvalue weighted by Crippen LogP contribution is 2.50. The number of benzene rings is 2. The Morgan fingerprint density at radius 2 is 1.13 bits per heavy atom. The average molecular weight is 492 g/mol. The summed E-state index contributed by atoms with van der Waals surface area (Å²) in [4.78, 5) is 0. The molecule has 2 saturated heterocycles. The highest BCUT2D eigenvalue weighted by Gasteiger charge is 2.58. The van der Waals surface area contributed by atoms with Gasteiger partial charge in [-0.05, 0) is 60.5 Å². The fraction of sp³-hybridized carbons (Fsp3) is 0.391. The molecule has 1 saturated carbocycles. The lowest BCUT2D eigenvalue weighted by atomic mass is 9.68. The normalized spacial score (nSPS) is 32.3. The Hall–Kier alpha value is -1.60. The third kappa shape index (κ3) is 3.67. The van der Waals surface area contributed by atoms with Crippen LogP contribution >= 0.6 is 47.6 Å². The molecule has 2 aliphatic heterocycles. The largest absolute Gasteiger partial charge is 0.355 e. The minimum atomic E-state index is -0.491. The standard InChI is InChI=1S/C23H24Cl2N4S2/c24-17-11-5-1-7-13(17)19-15-9-3-4-10-16-20(14-8-2-6-12-18(14)25)27-22(31)29-23(15,16)28-21(30)26-19/h1-2,5-8,11-12,15-16,19-20H,3-4,9-10H2,(H2,26,28,30)(H2,27,29,31). The number of nitrogens with one attached hydrogen (secondary N) is 4. The Morgan fingerprint density at radius 3 is 1.55 bits per heavy atom. The molecule has 0 aromatic heterocycles. The van der Waals surface area contributed by atoms with Crippen LogP contribution in [0.3, 0.4) is 0 Å². The molecular formula is C23H24Cl2N4S2. The van der Waals surface area contributed by atoms with Crippen molar-refractivity contribution in [2.24, 2.45) is 11.8 Å². The fourth-order valence-corrected chi connectivity index (χ4v) is 6.79. The molecule has 8 heteroatoms. The van der Waals surface area contributed by atoms with E-state index in [1.165, 1.54) is 0 Å². The molecule has 4 unspecified atom stereocenters. The van der Waals surface area contributed by atoms with Crippen LogP contribution in [0.2, 0.25) is 10.0 Å². The van der Waals surface area contributed by atoms with Crippen molar-refractivity contribution in [2.75, 3.05) is 0 Å². The van der Waals surface area contributed by atoms with Gasteiger partial charge >= 0.3 is 0 Å². The van der Waals surface area contributed by atoms with Crippen LogP contribution in [0, 0.1) is 11.8 Å². The summed E-state index contributed by atoms with van der Waals surface area (Å²) in [5.41, 5.74) is 1.65. The summed E-state index contributed by atoms with van der Waals surface area (Å²) in [6, 6.07) is 16.0. The van der Waals surface area contributed by atoms with Crippen molar-refractivity contribution in [3.8, 4) is 0 Å². The lowest BCUT2D eigenvalue weighted by Crippen LogP contribution is -2.79. The summed E-state index contributed by atoms with van der Waals surface area (Å²) in [6.07, 6.45) is 4.31. The van der Waals surface area contributed by atoms with Gasteiger partial charge < -0.3 is 21.3 Å². The molecule has 0 radical (unpaired) electrons. The van der Waals surface area contributed by atoms with Crippen LogP contribution < -0.4 is 21.3 Å². The van der Waals surface area contributed by atoms with Crippen LogP contribution in [0.15, 0.2) is 48.5 Å². The maximum atomic E-state index is 6.64. The highest BCUT2D eigenvalue weighted by atomic mass is 35.5. The second-order valence-electron chi connectivity index (χ2n) is 8.56. The maximum absolute atomic E-state index is 6.64. The van der Waals surface area contributed by atoms with Crippen molar-refractivity contribution in [1.29, 1.82) is 0 Å². The molecule has 2 aromatic carbocycles. The average Bonchev–Trinajstić information content (AvgIpc) is 2.92. The molecule has 5 rings (SSSR count). The number of hydrogen-bond donors (Lipinski definition) is 4. The van der Waals surface area contributed by atoms with E-state index in [-0.39, 0.29) is 23.9 Å². The van der Waals surface area contributed by atoms with Crippen molar-refractivity contribution in [1.82, 2.24) is 21.3 Å². The fourth-order valence-electron chi connectivity index (χ4n) is 5.70. The zero-order chi connectivity index (χ0) is 21.6. The van der Waals surface area contributed by atoms with Gasteiger partial charge in [-0.1, -0.05) is 72.4 Å². The van der Waals surface area contributed by atoms with E-state index in [0.717, 1.165) is 46.9 Å². The predicted molar refractivity (Wildman–Crippen MR) is 134 cm³/mol. The third-order valence-corrected chi connectivity index (χ3v) is 8.08. The Bertz CT molecular complexity index is 949. The molecule has 4 nitrogen and oxygen atoms in total. The van der Waals surface area contributed by atoms with Gasteiger partial charge in [0.2, 0.25) is 0 Å². The topological polar surface area (TPSA) is 48.1 Å².